The maximum atomic E-state index is 13.2. The van der Waals surface area contributed by atoms with Gasteiger partial charge in [-0.2, -0.15) is 0 Å². The quantitative estimate of drug-likeness (QED) is 0.0625. The fraction of sp³-hybridized carbons (Fsp3) is 0.725. The molecule has 1 aromatic carbocycles. The number of hydrogen-bond donors (Lipinski definition) is 3. The first-order valence-electron chi connectivity index (χ1n) is 20.5. The molecule has 3 N–H and O–H groups in total. The van der Waals surface area contributed by atoms with Gasteiger partial charge < -0.3 is 58.0 Å². The molecule has 59 heavy (non-hydrogen) atoms. The number of anilines is 1. The van der Waals surface area contributed by atoms with Gasteiger partial charge in [0.15, 0.2) is 0 Å². The summed E-state index contributed by atoms with van der Waals surface area (Å²) in [6.07, 6.45) is 2.45. The Morgan fingerprint density at radius 2 is 1.07 bits per heavy atom. The summed E-state index contributed by atoms with van der Waals surface area (Å²) in [5.74, 6) is -2.72. The lowest BCUT2D eigenvalue weighted by Crippen LogP contribution is -2.54. The minimum Gasteiger partial charge on any atom is -0.379 e. The maximum Gasteiger partial charge on any atom is 0.264 e. The van der Waals surface area contributed by atoms with Gasteiger partial charge in [0, 0.05) is 26.0 Å². The molecule has 1 saturated heterocycles. The van der Waals surface area contributed by atoms with E-state index in [4.69, 9.17) is 47.4 Å². The average Bonchev–Trinajstić information content (AvgIpc) is 3.48. The van der Waals surface area contributed by atoms with Crippen LogP contribution in [0.25, 0.3) is 0 Å². The van der Waals surface area contributed by atoms with Crippen LogP contribution >= 0.6 is 0 Å². The summed E-state index contributed by atoms with van der Waals surface area (Å²) in [6.45, 7) is 10.9. The van der Waals surface area contributed by atoms with Gasteiger partial charge >= 0.3 is 0 Å². The molecule has 0 aliphatic carbocycles. The fourth-order valence-electron chi connectivity index (χ4n) is 5.75. The van der Waals surface area contributed by atoms with Crippen LogP contribution in [0.2, 0.25) is 0 Å². The Morgan fingerprint density at radius 1 is 0.610 bits per heavy atom. The number of nitrogens with zero attached hydrogens (tertiary/aromatic N) is 1. The van der Waals surface area contributed by atoms with Crippen LogP contribution in [-0.2, 0) is 61.8 Å². The third kappa shape index (κ3) is 21.1. The molecule has 1 aromatic rings. The molecule has 0 saturated carbocycles. The smallest absolute Gasteiger partial charge is 0.264 e. The number of carbonyl (C=O) groups is 5. The molecule has 1 fully saturated rings. The number of likely N-dealkylation sites (N-methyl/N-ethyl adjacent to an activating group) is 1. The Kier molecular flexibility index (Phi) is 27.3. The molecule has 2 heterocycles. The van der Waals surface area contributed by atoms with Crippen LogP contribution in [-0.4, -0.2) is 186 Å². The second-order valence-electron chi connectivity index (χ2n) is 13.3. The largest absolute Gasteiger partial charge is 0.379 e. The van der Waals surface area contributed by atoms with E-state index in [2.05, 4.69) is 16.0 Å². The summed E-state index contributed by atoms with van der Waals surface area (Å²) >= 11 is 0. The lowest BCUT2D eigenvalue weighted by atomic mass is 10.0. The molecule has 19 heteroatoms. The van der Waals surface area contributed by atoms with Crippen molar-refractivity contribution in [2.45, 2.75) is 44.6 Å². The van der Waals surface area contributed by atoms with Crippen molar-refractivity contribution in [1.29, 1.82) is 0 Å². The number of rotatable bonds is 38. The summed E-state index contributed by atoms with van der Waals surface area (Å²) in [5, 5.41) is 7.92. The van der Waals surface area contributed by atoms with E-state index >= 15 is 0 Å². The van der Waals surface area contributed by atoms with E-state index in [1.807, 2.05) is 7.05 Å². The van der Waals surface area contributed by atoms with Crippen molar-refractivity contribution < 1.29 is 71.3 Å². The molecule has 0 bridgehead atoms. The number of carbonyl (C=O) groups excluding carboxylic acids is 5. The summed E-state index contributed by atoms with van der Waals surface area (Å²) in [7, 11) is 1.89. The van der Waals surface area contributed by atoms with Crippen LogP contribution in [0.4, 0.5) is 5.69 Å². The second-order valence-corrected chi connectivity index (χ2v) is 13.3. The SMILES string of the molecule is CNCCOCCOCCOCCOCCOCCOCCOCCOCCOCCOCCCCCC(=O)Nc1cccc2c1C(=O)N(C1CCC(=O)NC1=O)C2=O. The first kappa shape index (κ1) is 49.9. The Hall–Kier alpha value is -3.47. The zero-order valence-electron chi connectivity index (χ0n) is 34.5. The first-order chi connectivity index (χ1) is 28.9. The zero-order chi connectivity index (χ0) is 42.2. The van der Waals surface area contributed by atoms with Gasteiger partial charge in [0.05, 0.1) is 142 Å². The lowest BCUT2D eigenvalue weighted by molar-refractivity contribution is -0.136. The topological polar surface area (TPSA) is 217 Å². The number of benzene rings is 1. The van der Waals surface area contributed by atoms with Crippen LogP contribution in [0.3, 0.4) is 0 Å². The predicted molar refractivity (Wildman–Crippen MR) is 212 cm³/mol. The molecular weight excluding hydrogens is 776 g/mol. The van der Waals surface area contributed by atoms with Crippen LogP contribution < -0.4 is 16.0 Å². The molecule has 334 valence electrons. The number of imide groups is 2. The maximum absolute atomic E-state index is 13.2. The molecular formula is C40H64N4O15. The molecule has 0 radical (unpaired) electrons. The van der Waals surface area contributed by atoms with Gasteiger partial charge in [-0.1, -0.05) is 12.5 Å². The molecule has 1 atom stereocenters. The van der Waals surface area contributed by atoms with Crippen molar-refractivity contribution in [3.8, 4) is 0 Å². The summed E-state index contributed by atoms with van der Waals surface area (Å²) < 4.78 is 54.8. The van der Waals surface area contributed by atoms with E-state index in [1.54, 1.807) is 12.1 Å². The molecule has 2 aliphatic heterocycles. The van der Waals surface area contributed by atoms with E-state index < -0.39 is 29.7 Å². The molecule has 19 nitrogen and oxygen atoms in total. The number of piperidine rings is 1. The number of nitrogens with one attached hydrogen (secondary N) is 3. The third-order valence-corrected chi connectivity index (χ3v) is 8.78. The van der Waals surface area contributed by atoms with E-state index in [1.165, 1.54) is 6.07 Å². The van der Waals surface area contributed by atoms with Crippen LogP contribution in [0.5, 0.6) is 0 Å². The van der Waals surface area contributed by atoms with Crippen molar-refractivity contribution >= 4 is 35.2 Å². The highest BCUT2D eigenvalue weighted by molar-refractivity contribution is 6.26. The second kappa shape index (κ2) is 32.3. The number of amides is 5. The Balaban J connectivity index is 1.01. The number of unbranched alkanes of at least 4 members (excludes halogenated alkanes) is 2. The first-order valence-corrected chi connectivity index (χ1v) is 20.5. The van der Waals surface area contributed by atoms with Gasteiger partial charge in [0.25, 0.3) is 11.8 Å². The van der Waals surface area contributed by atoms with Gasteiger partial charge in [-0.15, -0.1) is 0 Å². The standard InChI is InChI=1S/C40H64N4O15/c1-41-11-13-51-15-17-53-19-21-55-23-25-57-27-29-59-31-30-58-28-26-56-24-22-54-20-18-52-16-14-50-12-4-2-3-8-35(45)42-33-7-5-6-32-37(33)40(49)44(39(32)48)34-9-10-36(46)43-38(34)47/h5-7,34,41H,2-4,8-31H2,1H3,(H,42,45)(H,43,46,47). The van der Waals surface area contributed by atoms with Crippen LogP contribution in [0.1, 0.15) is 59.2 Å². The van der Waals surface area contributed by atoms with Crippen molar-refractivity contribution in [2.24, 2.45) is 0 Å². The molecule has 1 unspecified atom stereocenters. The van der Waals surface area contributed by atoms with Gasteiger partial charge in [-0.25, -0.2) is 0 Å². The highest BCUT2D eigenvalue weighted by atomic mass is 16.6. The van der Waals surface area contributed by atoms with Gasteiger partial charge in [0.2, 0.25) is 17.7 Å². The van der Waals surface area contributed by atoms with Crippen molar-refractivity contribution in [2.75, 3.05) is 151 Å². The minimum absolute atomic E-state index is 0.0283. The molecule has 2 aliphatic rings. The average molecular weight is 841 g/mol. The van der Waals surface area contributed by atoms with Gasteiger partial charge in [-0.05, 0) is 38.4 Å². The lowest BCUT2D eigenvalue weighted by Gasteiger charge is -2.27. The summed E-state index contributed by atoms with van der Waals surface area (Å²) in [6, 6.07) is 3.53. The van der Waals surface area contributed by atoms with Gasteiger partial charge in [-0.3, -0.25) is 34.2 Å². The van der Waals surface area contributed by atoms with E-state index in [9.17, 15) is 24.0 Å². The summed E-state index contributed by atoms with van der Waals surface area (Å²) in [5.41, 5.74) is 0.383. The molecule has 5 amide bonds. The van der Waals surface area contributed by atoms with E-state index in [-0.39, 0.29) is 42.0 Å². The molecule has 0 spiro atoms. The number of ether oxygens (including phenoxy) is 10. The van der Waals surface area contributed by atoms with Crippen LogP contribution in [0, 0.1) is 0 Å². The molecule has 0 aromatic heterocycles. The number of fused-ring (bicyclic) bond motifs is 1. The Labute approximate surface area is 346 Å². The van der Waals surface area contributed by atoms with Crippen molar-refractivity contribution in [3.05, 3.63) is 29.3 Å². The minimum atomic E-state index is -1.07. The zero-order valence-corrected chi connectivity index (χ0v) is 34.5. The molecule has 3 rings (SSSR count). The Morgan fingerprint density at radius 3 is 1.53 bits per heavy atom. The van der Waals surface area contributed by atoms with Crippen LogP contribution in [0.15, 0.2) is 18.2 Å². The van der Waals surface area contributed by atoms with Crippen molar-refractivity contribution in [3.63, 3.8) is 0 Å². The predicted octanol–water partition coefficient (Wildman–Crippen LogP) is 0.972. The third-order valence-electron chi connectivity index (χ3n) is 8.78. The number of hydrogen-bond acceptors (Lipinski definition) is 16. The van der Waals surface area contributed by atoms with E-state index in [0.29, 0.717) is 139 Å². The monoisotopic (exact) mass is 840 g/mol. The van der Waals surface area contributed by atoms with Gasteiger partial charge in [0.1, 0.15) is 6.04 Å². The fourth-order valence-corrected chi connectivity index (χ4v) is 5.75. The van der Waals surface area contributed by atoms with Crippen molar-refractivity contribution in [1.82, 2.24) is 15.5 Å². The summed E-state index contributed by atoms with van der Waals surface area (Å²) in [4.78, 5) is 63.5. The highest BCUT2D eigenvalue weighted by Crippen LogP contribution is 2.32. The Bertz CT molecular complexity index is 1370. The highest BCUT2D eigenvalue weighted by Gasteiger charge is 2.45. The normalized spacial score (nSPS) is 15.3. The van der Waals surface area contributed by atoms with E-state index in [0.717, 1.165) is 24.3 Å².